The maximum Gasteiger partial charge on any atom is 0.138 e. The third kappa shape index (κ3) is 3.97. The van der Waals surface area contributed by atoms with Gasteiger partial charge in [0, 0.05) is 25.2 Å². The van der Waals surface area contributed by atoms with Gasteiger partial charge in [0.25, 0.3) is 0 Å². The van der Waals surface area contributed by atoms with Gasteiger partial charge in [-0.05, 0) is 69.6 Å². The van der Waals surface area contributed by atoms with Crippen LogP contribution in [0.1, 0.15) is 54.7 Å². The molecule has 3 heterocycles. The van der Waals surface area contributed by atoms with Gasteiger partial charge in [-0.25, -0.2) is 0 Å². The molecule has 1 aromatic carbocycles. The molecular weight excluding hydrogens is 334 g/mol. The minimum absolute atomic E-state index is 0.476. The van der Waals surface area contributed by atoms with E-state index < -0.39 is 0 Å². The summed E-state index contributed by atoms with van der Waals surface area (Å²) >= 11 is 0. The maximum atomic E-state index is 5.35. The van der Waals surface area contributed by atoms with Gasteiger partial charge in [-0.1, -0.05) is 42.4 Å². The van der Waals surface area contributed by atoms with Crippen molar-refractivity contribution in [1.29, 1.82) is 0 Å². The summed E-state index contributed by atoms with van der Waals surface area (Å²) in [6.07, 6.45) is 3.94. The van der Waals surface area contributed by atoms with Crippen LogP contribution in [0.15, 0.2) is 34.9 Å². The second-order valence-corrected chi connectivity index (χ2v) is 8.72. The molecule has 1 atom stereocenters. The van der Waals surface area contributed by atoms with Crippen molar-refractivity contribution in [3.63, 3.8) is 0 Å². The number of benzene rings is 1. The van der Waals surface area contributed by atoms with Crippen molar-refractivity contribution in [3.05, 3.63) is 52.9 Å². The fourth-order valence-electron chi connectivity index (χ4n) is 5.19. The van der Waals surface area contributed by atoms with Gasteiger partial charge in [-0.15, -0.1) is 0 Å². The third-order valence-electron chi connectivity index (χ3n) is 6.91. The average molecular weight is 368 g/mol. The van der Waals surface area contributed by atoms with Crippen LogP contribution in [-0.2, 0) is 6.54 Å². The number of aryl methyl sites for hydroxylation is 2. The van der Waals surface area contributed by atoms with E-state index in [0.717, 1.165) is 24.5 Å². The van der Waals surface area contributed by atoms with E-state index in [2.05, 4.69) is 59.1 Å². The van der Waals surface area contributed by atoms with Gasteiger partial charge in [-0.2, -0.15) is 0 Å². The monoisotopic (exact) mass is 367 g/mol. The predicted molar refractivity (Wildman–Crippen MR) is 109 cm³/mol. The quantitative estimate of drug-likeness (QED) is 0.803. The molecule has 2 saturated heterocycles. The van der Waals surface area contributed by atoms with E-state index in [1.165, 1.54) is 56.6 Å². The molecule has 2 aliphatic heterocycles. The van der Waals surface area contributed by atoms with Gasteiger partial charge in [0.1, 0.15) is 5.76 Å². The van der Waals surface area contributed by atoms with Gasteiger partial charge in [0.2, 0.25) is 0 Å². The molecule has 0 N–H and O–H groups in total. The Morgan fingerprint density at radius 2 is 1.85 bits per heavy atom. The van der Waals surface area contributed by atoms with E-state index in [1.54, 1.807) is 0 Å². The van der Waals surface area contributed by atoms with Gasteiger partial charge >= 0.3 is 0 Å². The Morgan fingerprint density at radius 1 is 1.11 bits per heavy atom. The van der Waals surface area contributed by atoms with Gasteiger partial charge in [0.05, 0.1) is 5.69 Å². The lowest BCUT2D eigenvalue weighted by Gasteiger charge is -2.50. The standard InChI is InChI=1S/C23H33N3O/c1-4-25-15-21(20-8-6-5-7-9-20)14-23(17-25)10-12-26(13-11-23)16-22-18(2)24-27-19(22)3/h5-9,21H,4,10-17H2,1-3H3/t21-/m0/s1. The van der Waals surface area contributed by atoms with Crippen LogP contribution in [0.3, 0.4) is 0 Å². The van der Waals surface area contributed by atoms with Crippen LogP contribution in [0.4, 0.5) is 0 Å². The van der Waals surface area contributed by atoms with Crippen molar-refractivity contribution in [2.24, 2.45) is 5.41 Å². The van der Waals surface area contributed by atoms with Gasteiger partial charge in [0.15, 0.2) is 0 Å². The van der Waals surface area contributed by atoms with Crippen LogP contribution in [0.25, 0.3) is 0 Å². The Labute approximate surface area is 163 Å². The van der Waals surface area contributed by atoms with E-state index in [-0.39, 0.29) is 0 Å². The molecule has 4 nitrogen and oxygen atoms in total. The van der Waals surface area contributed by atoms with Crippen molar-refractivity contribution >= 4 is 0 Å². The second-order valence-electron chi connectivity index (χ2n) is 8.72. The highest BCUT2D eigenvalue weighted by molar-refractivity contribution is 5.22. The lowest BCUT2D eigenvalue weighted by atomic mass is 9.68. The number of hydrogen-bond acceptors (Lipinski definition) is 4. The maximum absolute atomic E-state index is 5.35. The van der Waals surface area contributed by atoms with Crippen LogP contribution in [0, 0.1) is 19.3 Å². The van der Waals surface area contributed by atoms with Crippen molar-refractivity contribution in [2.75, 3.05) is 32.7 Å². The van der Waals surface area contributed by atoms with Crippen molar-refractivity contribution in [1.82, 2.24) is 15.0 Å². The fourth-order valence-corrected chi connectivity index (χ4v) is 5.19. The zero-order valence-corrected chi connectivity index (χ0v) is 17.1. The Kier molecular flexibility index (Phi) is 5.38. The smallest absolute Gasteiger partial charge is 0.138 e. The Balaban J connectivity index is 1.44. The molecule has 4 heteroatoms. The summed E-state index contributed by atoms with van der Waals surface area (Å²) < 4.78 is 5.35. The lowest BCUT2D eigenvalue weighted by Crippen LogP contribution is -2.51. The molecule has 0 bridgehead atoms. The molecule has 0 unspecified atom stereocenters. The molecule has 0 aliphatic carbocycles. The molecule has 0 amide bonds. The molecule has 2 aliphatic rings. The van der Waals surface area contributed by atoms with E-state index in [9.17, 15) is 0 Å². The number of piperidine rings is 2. The molecule has 2 fully saturated rings. The first-order chi connectivity index (χ1) is 13.1. The van der Waals surface area contributed by atoms with Crippen molar-refractivity contribution in [3.8, 4) is 0 Å². The van der Waals surface area contributed by atoms with Crippen LogP contribution < -0.4 is 0 Å². The average Bonchev–Trinajstić information content (AvgIpc) is 3.02. The van der Waals surface area contributed by atoms with Crippen LogP contribution in [0.2, 0.25) is 0 Å². The van der Waals surface area contributed by atoms with Crippen molar-refractivity contribution < 1.29 is 4.52 Å². The first-order valence-electron chi connectivity index (χ1n) is 10.5. The fraction of sp³-hybridized carbons (Fsp3) is 0.609. The minimum atomic E-state index is 0.476. The second kappa shape index (κ2) is 7.76. The van der Waals surface area contributed by atoms with Crippen LogP contribution in [0.5, 0.6) is 0 Å². The zero-order chi connectivity index (χ0) is 18.9. The van der Waals surface area contributed by atoms with Gasteiger partial charge in [-0.3, -0.25) is 4.90 Å². The zero-order valence-electron chi connectivity index (χ0n) is 17.1. The largest absolute Gasteiger partial charge is 0.361 e. The molecule has 146 valence electrons. The molecule has 4 rings (SSSR count). The first-order valence-corrected chi connectivity index (χ1v) is 10.5. The van der Waals surface area contributed by atoms with Crippen LogP contribution in [-0.4, -0.2) is 47.7 Å². The molecule has 1 aromatic heterocycles. The number of likely N-dealkylation sites (tertiary alicyclic amines) is 2. The topological polar surface area (TPSA) is 32.5 Å². The molecule has 27 heavy (non-hydrogen) atoms. The Bertz CT molecular complexity index is 727. The summed E-state index contributed by atoms with van der Waals surface area (Å²) in [5, 5.41) is 4.12. The van der Waals surface area contributed by atoms with E-state index in [1.807, 2.05) is 6.92 Å². The van der Waals surface area contributed by atoms with Crippen molar-refractivity contribution in [2.45, 2.75) is 52.5 Å². The van der Waals surface area contributed by atoms with Crippen LogP contribution >= 0.6 is 0 Å². The highest BCUT2D eigenvalue weighted by atomic mass is 16.5. The van der Waals surface area contributed by atoms with E-state index in [4.69, 9.17) is 4.52 Å². The van der Waals surface area contributed by atoms with E-state index >= 15 is 0 Å². The minimum Gasteiger partial charge on any atom is -0.361 e. The Morgan fingerprint density at radius 3 is 2.48 bits per heavy atom. The predicted octanol–water partition coefficient (Wildman–Crippen LogP) is 4.38. The number of hydrogen-bond donors (Lipinski definition) is 0. The number of likely N-dealkylation sites (N-methyl/N-ethyl adjacent to an activating group) is 1. The van der Waals surface area contributed by atoms with Gasteiger partial charge < -0.3 is 9.42 Å². The summed E-state index contributed by atoms with van der Waals surface area (Å²) in [6, 6.07) is 11.2. The number of nitrogens with zero attached hydrogens (tertiary/aromatic N) is 3. The van der Waals surface area contributed by atoms with E-state index in [0.29, 0.717) is 11.3 Å². The normalized spacial score (nSPS) is 23.7. The molecule has 0 saturated carbocycles. The highest BCUT2D eigenvalue weighted by Gasteiger charge is 2.41. The molecule has 0 radical (unpaired) electrons. The summed E-state index contributed by atoms with van der Waals surface area (Å²) in [6.45, 7) is 13.4. The first kappa shape index (κ1) is 18.7. The summed E-state index contributed by atoms with van der Waals surface area (Å²) in [4.78, 5) is 5.28. The number of rotatable bonds is 4. The summed E-state index contributed by atoms with van der Waals surface area (Å²) in [5.41, 5.74) is 4.33. The summed E-state index contributed by atoms with van der Waals surface area (Å²) in [7, 11) is 0. The number of aromatic nitrogens is 1. The third-order valence-corrected chi connectivity index (χ3v) is 6.91. The summed E-state index contributed by atoms with van der Waals surface area (Å²) in [5.74, 6) is 1.65. The lowest BCUT2D eigenvalue weighted by molar-refractivity contribution is 0.0136. The Hall–Kier alpha value is -1.65. The molecule has 2 aromatic rings. The molecule has 1 spiro atoms. The molecular formula is C23H33N3O. The SMILES string of the molecule is CCN1C[C@@H](c2ccccc2)CC2(CCN(Cc3c(C)noc3C)CC2)C1. The highest BCUT2D eigenvalue weighted by Crippen LogP contribution is 2.45.